The molecule has 2 aliphatic rings. The molecule has 1 aromatic carbocycles. The van der Waals surface area contributed by atoms with E-state index in [4.69, 9.17) is 9.47 Å². The van der Waals surface area contributed by atoms with Gasteiger partial charge in [-0.15, -0.1) is 0 Å². The fourth-order valence-electron chi connectivity index (χ4n) is 3.24. The maximum atomic E-state index is 12.6. The molecule has 1 atom stereocenters. The molecule has 0 N–H and O–H groups in total. The molecular weight excluding hydrogens is 304 g/mol. The average molecular weight is 330 g/mol. The lowest BCUT2D eigenvalue weighted by Gasteiger charge is -2.35. The maximum absolute atomic E-state index is 12.6. The largest absolute Gasteiger partial charge is 0.490 e. The quantitative estimate of drug-likeness (QED) is 0.750. The van der Waals surface area contributed by atoms with E-state index >= 15 is 0 Å². The lowest BCUT2D eigenvalue weighted by Crippen LogP contribution is -2.50. The van der Waals surface area contributed by atoms with Gasteiger partial charge in [0.25, 0.3) is 5.91 Å². The van der Waals surface area contributed by atoms with Crippen molar-refractivity contribution in [2.45, 2.75) is 18.9 Å². The number of carbonyl (C=O) groups is 1. The SMILES string of the molecule is C=CCOc1ccc(C(=O)N2CCN(CC3CCCO3)CC2)cc1. The van der Waals surface area contributed by atoms with E-state index in [-0.39, 0.29) is 5.91 Å². The van der Waals surface area contributed by atoms with Gasteiger partial charge in [-0.3, -0.25) is 9.69 Å². The van der Waals surface area contributed by atoms with Gasteiger partial charge >= 0.3 is 0 Å². The average Bonchev–Trinajstić information content (AvgIpc) is 3.13. The number of carbonyl (C=O) groups excluding carboxylic acids is 1. The van der Waals surface area contributed by atoms with Crippen LogP contribution in [0.3, 0.4) is 0 Å². The first-order valence-electron chi connectivity index (χ1n) is 8.73. The molecule has 24 heavy (non-hydrogen) atoms. The van der Waals surface area contributed by atoms with Crippen molar-refractivity contribution in [3.8, 4) is 5.75 Å². The van der Waals surface area contributed by atoms with Crippen molar-refractivity contribution in [2.75, 3.05) is 45.9 Å². The van der Waals surface area contributed by atoms with Gasteiger partial charge in [0.1, 0.15) is 12.4 Å². The summed E-state index contributed by atoms with van der Waals surface area (Å²) >= 11 is 0. The van der Waals surface area contributed by atoms with Crippen LogP contribution < -0.4 is 4.74 Å². The standard InChI is InChI=1S/C19H26N2O3/c1-2-13-23-17-7-5-16(6-8-17)19(22)21-11-9-20(10-12-21)15-18-4-3-14-24-18/h2,5-8,18H,1,3-4,9-15H2. The molecule has 130 valence electrons. The normalized spacial score (nSPS) is 21.7. The van der Waals surface area contributed by atoms with Crippen molar-refractivity contribution >= 4 is 5.91 Å². The zero-order valence-electron chi connectivity index (χ0n) is 14.2. The Bertz CT molecular complexity index is 544. The molecule has 2 heterocycles. The summed E-state index contributed by atoms with van der Waals surface area (Å²) in [6.45, 7) is 9.39. The highest BCUT2D eigenvalue weighted by Crippen LogP contribution is 2.17. The molecule has 2 fully saturated rings. The van der Waals surface area contributed by atoms with Crippen LogP contribution in [0.2, 0.25) is 0 Å². The Labute approximate surface area is 143 Å². The van der Waals surface area contributed by atoms with Gasteiger partial charge in [0, 0.05) is 44.9 Å². The van der Waals surface area contributed by atoms with E-state index in [1.54, 1.807) is 6.08 Å². The van der Waals surface area contributed by atoms with E-state index in [1.807, 2.05) is 29.2 Å². The molecule has 2 saturated heterocycles. The molecule has 1 aromatic rings. The summed E-state index contributed by atoms with van der Waals surface area (Å²) < 4.78 is 11.1. The summed E-state index contributed by atoms with van der Waals surface area (Å²) in [5.74, 6) is 0.856. The summed E-state index contributed by atoms with van der Waals surface area (Å²) in [6, 6.07) is 7.34. The number of nitrogens with zero attached hydrogens (tertiary/aromatic N) is 2. The summed E-state index contributed by atoms with van der Waals surface area (Å²) in [5, 5.41) is 0. The third kappa shape index (κ3) is 4.36. The first-order valence-corrected chi connectivity index (χ1v) is 8.73. The van der Waals surface area contributed by atoms with Crippen molar-refractivity contribution in [1.82, 2.24) is 9.80 Å². The molecule has 5 heteroatoms. The second-order valence-electron chi connectivity index (χ2n) is 6.35. The summed E-state index contributed by atoms with van der Waals surface area (Å²) in [4.78, 5) is 16.9. The number of ether oxygens (including phenoxy) is 2. The van der Waals surface area contributed by atoms with Crippen LogP contribution in [-0.4, -0.2) is 67.7 Å². The molecule has 1 unspecified atom stereocenters. The van der Waals surface area contributed by atoms with Crippen LogP contribution in [0.5, 0.6) is 5.75 Å². The van der Waals surface area contributed by atoms with Crippen LogP contribution in [0.25, 0.3) is 0 Å². The second-order valence-corrected chi connectivity index (χ2v) is 6.35. The fourth-order valence-corrected chi connectivity index (χ4v) is 3.24. The fraction of sp³-hybridized carbons (Fsp3) is 0.526. The topological polar surface area (TPSA) is 42.0 Å². The summed E-state index contributed by atoms with van der Waals surface area (Å²) in [7, 11) is 0. The van der Waals surface area contributed by atoms with Gasteiger partial charge in [0.05, 0.1) is 6.10 Å². The number of benzene rings is 1. The van der Waals surface area contributed by atoms with E-state index in [2.05, 4.69) is 11.5 Å². The van der Waals surface area contributed by atoms with Crippen molar-refractivity contribution < 1.29 is 14.3 Å². The van der Waals surface area contributed by atoms with E-state index in [0.29, 0.717) is 18.3 Å². The lowest BCUT2D eigenvalue weighted by atomic mass is 10.1. The Balaban J connectivity index is 1.48. The molecule has 3 rings (SSSR count). The van der Waals surface area contributed by atoms with Gasteiger partial charge in [-0.25, -0.2) is 0 Å². The predicted octanol–water partition coefficient (Wildman–Crippen LogP) is 2.19. The van der Waals surface area contributed by atoms with Crippen molar-refractivity contribution in [3.05, 3.63) is 42.5 Å². The number of hydrogen-bond donors (Lipinski definition) is 0. The lowest BCUT2D eigenvalue weighted by molar-refractivity contribution is 0.0432. The van der Waals surface area contributed by atoms with E-state index in [9.17, 15) is 4.79 Å². The van der Waals surface area contributed by atoms with Crippen molar-refractivity contribution in [3.63, 3.8) is 0 Å². The molecule has 0 bridgehead atoms. The van der Waals surface area contributed by atoms with E-state index in [0.717, 1.165) is 45.1 Å². The first kappa shape index (κ1) is 17.0. The van der Waals surface area contributed by atoms with Gasteiger partial charge < -0.3 is 14.4 Å². The molecule has 5 nitrogen and oxygen atoms in total. The van der Waals surface area contributed by atoms with Crippen LogP contribution in [0.1, 0.15) is 23.2 Å². The highest BCUT2D eigenvalue weighted by atomic mass is 16.5. The van der Waals surface area contributed by atoms with Crippen LogP contribution in [0.15, 0.2) is 36.9 Å². The molecule has 0 spiro atoms. The molecule has 0 radical (unpaired) electrons. The Morgan fingerprint density at radius 1 is 1.25 bits per heavy atom. The van der Waals surface area contributed by atoms with Crippen LogP contribution in [0.4, 0.5) is 0 Å². The van der Waals surface area contributed by atoms with Gasteiger partial charge in [-0.1, -0.05) is 12.7 Å². The molecule has 0 saturated carbocycles. The highest BCUT2D eigenvalue weighted by molar-refractivity contribution is 5.94. The zero-order chi connectivity index (χ0) is 16.8. The summed E-state index contributed by atoms with van der Waals surface area (Å²) in [6.07, 6.45) is 4.43. The smallest absolute Gasteiger partial charge is 0.253 e. The van der Waals surface area contributed by atoms with E-state index < -0.39 is 0 Å². The number of piperazine rings is 1. The van der Waals surface area contributed by atoms with Gasteiger partial charge in [-0.05, 0) is 37.1 Å². The Hall–Kier alpha value is -1.85. The molecule has 2 aliphatic heterocycles. The van der Waals surface area contributed by atoms with Gasteiger partial charge in [0.2, 0.25) is 0 Å². The Morgan fingerprint density at radius 3 is 2.62 bits per heavy atom. The van der Waals surface area contributed by atoms with Gasteiger partial charge in [-0.2, -0.15) is 0 Å². The van der Waals surface area contributed by atoms with Crippen LogP contribution in [-0.2, 0) is 4.74 Å². The number of hydrogen-bond acceptors (Lipinski definition) is 4. The van der Waals surface area contributed by atoms with Crippen LogP contribution in [0, 0.1) is 0 Å². The monoisotopic (exact) mass is 330 g/mol. The first-order chi connectivity index (χ1) is 11.8. The van der Waals surface area contributed by atoms with Crippen LogP contribution >= 0.6 is 0 Å². The minimum Gasteiger partial charge on any atom is -0.490 e. The third-order valence-corrected chi connectivity index (χ3v) is 4.61. The number of amides is 1. The Kier molecular flexibility index (Phi) is 5.88. The third-order valence-electron chi connectivity index (χ3n) is 4.61. The van der Waals surface area contributed by atoms with Crippen molar-refractivity contribution in [1.29, 1.82) is 0 Å². The summed E-state index contributed by atoms with van der Waals surface area (Å²) in [5.41, 5.74) is 0.716. The second kappa shape index (κ2) is 8.31. The minimum atomic E-state index is 0.0991. The van der Waals surface area contributed by atoms with Gasteiger partial charge in [0.15, 0.2) is 0 Å². The molecule has 0 aromatic heterocycles. The Morgan fingerprint density at radius 2 is 2.00 bits per heavy atom. The van der Waals surface area contributed by atoms with E-state index in [1.165, 1.54) is 12.8 Å². The molecule has 1 amide bonds. The molecular formula is C19H26N2O3. The maximum Gasteiger partial charge on any atom is 0.253 e. The highest BCUT2D eigenvalue weighted by Gasteiger charge is 2.25. The number of rotatable bonds is 6. The molecule has 0 aliphatic carbocycles. The minimum absolute atomic E-state index is 0.0991. The zero-order valence-corrected chi connectivity index (χ0v) is 14.2. The van der Waals surface area contributed by atoms with Crippen molar-refractivity contribution in [2.24, 2.45) is 0 Å². The predicted molar refractivity (Wildman–Crippen MR) is 93.5 cm³/mol.